The van der Waals surface area contributed by atoms with Gasteiger partial charge in [-0.1, -0.05) is 0 Å². The average Bonchev–Trinajstić information content (AvgIpc) is 3.21. The maximum absolute atomic E-state index is 5.97. The molecule has 2 unspecified atom stereocenters. The molecule has 2 atom stereocenters. The Bertz CT molecular complexity index is 440. The van der Waals surface area contributed by atoms with E-state index < -0.39 is 0 Å². The highest BCUT2D eigenvalue weighted by atomic mass is 127. The number of nitrogens with one attached hydrogen (secondary N) is 1. The zero-order chi connectivity index (χ0) is 17.5. The van der Waals surface area contributed by atoms with E-state index in [0.29, 0.717) is 6.54 Å². The molecule has 3 aliphatic rings. The average molecular weight is 483 g/mol. The number of aliphatic imine (C=N–C) groups is 1. The Morgan fingerprint density at radius 1 is 1.19 bits per heavy atom. The van der Waals surface area contributed by atoms with Crippen LogP contribution in [-0.2, 0) is 18.9 Å². The highest BCUT2D eigenvalue weighted by Crippen LogP contribution is 2.25. The van der Waals surface area contributed by atoms with E-state index in [1.165, 1.54) is 0 Å². The Balaban J connectivity index is 0.00000243. The largest absolute Gasteiger partial charge is 0.381 e. The number of guanidine groups is 1. The SMILES string of the molecule is CCNC(=NCC1(OC)CCOCC1)N1CCOC(C2CCCO2)C1.I. The van der Waals surface area contributed by atoms with Crippen molar-refractivity contribution in [2.24, 2.45) is 4.99 Å². The topological polar surface area (TPSA) is 64.6 Å². The van der Waals surface area contributed by atoms with Gasteiger partial charge in [-0.25, -0.2) is 0 Å². The van der Waals surface area contributed by atoms with Crippen LogP contribution in [0, 0.1) is 0 Å². The van der Waals surface area contributed by atoms with Crippen LogP contribution in [0.4, 0.5) is 0 Å². The highest BCUT2D eigenvalue weighted by molar-refractivity contribution is 14.0. The van der Waals surface area contributed by atoms with E-state index >= 15 is 0 Å². The lowest BCUT2D eigenvalue weighted by Gasteiger charge is -2.38. The standard InChI is InChI=1S/C18H33N3O4.HI/c1-3-19-17(20-14-18(22-2)6-10-23-11-7-18)21-8-12-25-16(13-21)15-5-4-9-24-15;/h15-16H,3-14H2,1-2H3,(H,19,20);1H. The zero-order valence-electron chi connectivity index (χ0n) is 16.1. The number of hydrogen-bond donors (Lipinski definition) is 1. The molecule has 26 heavy (non-hydrogen) atoms. The van der Waals surface area contributed by atoms with Crippen molar-refractivity contribution in [2.45, 2.75) is 50.4 Å². The maximum Gasteiger partial charge on any atom is 0.194 e. The number of nitrogens with zero attached hydrogens (tertiary/aromatic N) is 2. The molecule has 0 aromatic carbocycles. The van der Waals surface area contributed by atoms with Gasteiger partial charge in [0.25, 0.3) is 0 Å². The summed E-state index contributed by atoms with van der Waals surface area (Å²) in [6, 6.07) is 0. The van der Waals surface area contributed by atoms with Crippen LogP contribution in [0.15, 0.2) is 4.99 Å². The van der Waals surface area contributed by atoms with Crippen molar-refractivity contribution in [3.05, 3.63) is 0 Å². The molecule has 0 spiro atoms. The van der Waals surface area contributed by atoms with Crippen LogP contribution in [0.5, 0.6) is 0 Å². The molecular formula is C18H34IN3O4. The molecule has 0 aliphatic carbocycles. The predicted molar refractivity (Wildman–Crippen MR) is 111 cm³/mol. The maximum atomic E-state index is 5.97. The van der Waals surface area contributed by atoms with Gasteiger partial charge in [0.15, 0.2) is 5.96 Å². The number of morpholine rings is 1. The number of rotatable bonds is 5. The van der Waals surface area contributed by atoms with Crippen LogP contribution in [0.25, 0.3) is 0 Å². The zero-order valence-corrected chi connectivity index (χ0v) is 18.4. The molecule has 3 rings (SSSR count). The Kier molecular flexibility index (Phi) is 9.36. The third-order valence-electron chi connectivity index (χ3n) is 5.46. The van der Waals surface area contributed by atoms with E-state index in [0.717, 1.165) is 77.7 Å². The molecule has 152 valence electrons. The minimum atomic E-state index is -0.195. The second-order valence-electron chi connectivity index (χ2n) is 7.08. The van der Waals surface area contributed by atoms with E-state index in [1.807, 2.05) is 0 Å². The van der Waals surface area contributed by atoms with Gasteiger partial charge in [0.2, 0.25) is 0 Å². The first-order valence-corrected chi connectivity index (χ1v) is 9.66. The van der Waals surface area contributed by atoms with Crippen LogP contribution in [-0.4, -0.2) is 88.4 Å². The minimum Gasteiger partial charge on any atom is -0.381 e. The third-order valence-corrected chi connectivity index (χ3v) is 5.46. The van der Waals surface area contributed by atoms with Crippen molar-refractivity contribution in [3.8, 4) is 0 Å². The summed E-state index contributed by atoms with van der Waals surface area (Å²) in [5.74, 6) is 0.955. The molecule has 3 fully saturated rings. The normalized spacial score (nSPS) is 29.3. The molecule has 3 saturated heterocycles. The summed E-state index contributed by atoms with van der Waals surface area (Å²) < 4.78 is 23.1. The van der Waals surface area contributed by atoms with Gasteiger partial charge in [0, 0.05) is 59.4 Å². The molecule has 7 nitrogen and oxygen atoms in total. The van der Waals surface area contributed by atoms with Crippen LogP contribution in [0.2, 0.25) is 0 Å². The molecule has 8 heteroatoms. The van der Waals surface area contributed by atoms with E-state index in [2.05, 4.69) is 17.1 Å². The van der Waals surface area contributed by atoms with Crippen molar-refractivity contribution < 1.29 is 18.9 Å². The second-order valence-corrected chi connectivity index (χ2v) is 7.08. The van der Waals surface area contributed by atoms with Crippen molar-refractivity contribution in [3.63, 3.8) is 0 Å². The van der Waals surface area contributed by atoms with Crippen molar-refractivity contribution in [1.82, 2.24) is 10.2 Å². The lowest BCUT2D eigenvalue weighted by atomic mass is 9.94. The number of methoxy groups -OCH3 is 1. The molecule has 3 heterocycles. The van der Waals surface area contributed by atoms with E-state index in [9.17, 15) is 0 Å². The quantitative estimate of drug-likeness (QED) is 0.365. The van der Waals surface area contributed by atoms with Gasteiger partial charge in [-0.3, -0.25) is 4.99 Å². The molecule has 3 aliphatic heterocycles. The van der Waals surface area contributed by atoms with E-state index in [1.54, 1.807) is 7.11 Å². The first kappa shape index (κ1) is 22.1. The summed E-state index contributed by atoms with van der Waals surface area (Å²) in [7, 11) is 1.79. The Morgan fingerprint density at radius 3 is 2.62 bits per heavy atom. The summed E-state index contributed by atoms with van der Waals surface area (Å²) in [6.45, 7) is 8.39. The third kappa shape index (κ3) is 5.67. The lowest BCUT2D eigenvalue weighted by molar-refractivity contribution is -0.0851. The Morgan fingerprint density at radius 2 is 1.96 bits per heavy atom. The van der Waals surface area contributed by atoms with E-state index in [-0.39, 0.29) is 41.8 Å². The molecular weight excluding hydrogens is 449 g/mol. The van der Waals surface area contributed by atoms with Gasteiger partial charge >= 0.3 is 0 Å². The van der Waals surface area contributed by atoms with Crippen LogP contribution >= 0.6 is 24.0 Å². The summed E-state index contributed by atoms with van der Waals surface area (Å²) >= 11 is 0. The monoisotopic (exact) mass is 483 g/mol. The lowest BCUT2D eigenvalue weighted by Crippen LogP contribution is -2.53. The van der Waals surface area contributed by atoms with Crippen molar-refractivity contribution in [1.29, 1.82) is 0 Å². The minimum absolute atomic E-state index is 0. The second kappa shape index (κ2) is 11.0. The molecule has 0 radical (unpaired) electrons. The van der Waals surface area contributed by atoms with Crippen LogP contribution in [0.3, 0.4) is 0 Å². The van der Waals surface area contributed by atoms with Crippen molar-refractivity contribution >= 4 is 29.9 Å². The molecule has 0 saturated carbocycles. The number of ether oxygens (including phenoxy) is 4. The molecule has 0 bridgehead atoms. The van der Waals surface area contributed by atoms with Crippen molar-refractivity contribution in [2.75, 3.05) is 59.7 Å². The van der Waals surface area contributed by atoms with E-state index in [4.69, 9.17) is 23.9 Å². The highest BCUT2D eigenvalue weighted by Gasteiger charge is 2.34. The summed E-state index contributed by atoms with van der Waals surface area (Å²) in [6.07, 6.45) is 4.39. The first-order valence-electron chi connectivity index (χ1n) is 9.66. The van der Waals surface area contributed by atoms with Gasteiger partial charge in [0.05, 0.1) is 24.9 Å². The Hall–Kier alpha value is -0.160. The fraction of sp³-hybridized carbons (Fsp3) is 0.944. The molecule has 0 aromatic rings. The number of halogens is 1. The molecule has 0 amide bonds. The fourth-order valence-electron chi connectivity index (χ4n) is 3.80. The predicted octanol–water partition coefficient (Wildman–Crippen LogP) is 1.65. The molecule has 1 N–H and O–H groups in total. The van der Waals surface area contributed by atoms with Crippen LogP contribution < -0.4 is 5.32 Å². The smallest absolute Gasteiger partial charge is 0.194 e. The summed E-state index contributed by atoms with van der Waals surface area (Å²) in [4.78, 5) is 7.23. The van der Waals surface area contributed by atoms with Crippen LogP contribution in [0.1, 0.15) is 32.6 Å². The van der Waals surface area contributed by atoms with Gasteiger partial charge in [-0.05, 0) is 19.8 Å². The molecule has 0 aromatic heterocycles. The number of hydrogen-bond acceptors (Lipinski definition) is 5. The van der Waals surface area contributed by atoms with Gasteiger partial charge in [-0.15, -0.1) is 24.0 Å². The van der Waals surface area contributed by atoms with Gasteiger partial charge in [0.1, 0.15) is 6.10 Å². The Labute approximate surface area is 174 Å². The van der Waals surface area contributed by atoms with Gasteiger partial charge < -0.3 is 29.2 Å². The summed E-state index contributed by atoms with van der Waals surface area (Å²) in [5.41, 5.74) is -0.195. The van der Waals surface area contributed by atoms with Gasteiger partial charge in [-0.2, -0.15) is 0 Å². The summed E-state index contributed by atoms with van der Waals surface area (Å²) in [5, 5.41) is 3.44. The first-order chi connectivity index (χ1) is 12.3. The fourth-order valence-corrected chi connectivity index (χ4v) is 3.80.